The first-order chi connectivity index (χ1) is 20.8. The highest BCUT2D eigenvalue weighted by molar-refractivity contribution is 6.00. The summed E-state index contributed by atoms with van der Waals surface area (Å²) >= 11 is 0. The number of anilines is 1. The van der Waals surface area contributed by atoms with Gasteiger partial charge in [0.1, 0.15) is 23.4 Å². The maximum Gasteiger partial charge on any atom is 0.408 e. The minimum Gasteiger partial charge on any atom is -0.508 e. The van der Waals surface area contributed by atoms with E-state index in [0.29, 0.717) is 11.3 Å². The van der Waals surface area contributed by atoms with E-state index in [1.54, 1.807) is 39.8 Å². The lowest BCUT2D eigenvalue weighted by molar-refractivity contribution is -0.140. The van der Waals surface area contributed by atoms with E-state index < -0.39 is 29.7 Å². The van der Waals surface area contributed by atoms with Crippen molar-refractivity contribution in [2.24, 2.45) is 0 Å². The zero-order chi connectivity index (χ0) is 32.0. The van der Waals surface area contributed by atoms with Crippen LogP contribution in [0.3, 0.4) is 0 Å². The average Bonchev–Trinajstić information content (AvgIpc) is 2.96. The Hall–Kier alpha value is -4.85. The number of hydrogen-bond acceptors (Lipinski definition) is 5. The summed E-state index contributed by atoms with van der Waals surface area (Å²) in [6, 6.07) is 23.7. The Kier molecular flexibility index (Phi) is 9.94. The summed E-state index contributed by atoms with van der Waals surface area (Å²) in [6.45, 7) is 11.2. The summed E-state index contributed by atoms with van der Waals surface area (Å²) in [5.41, 5.74) is 3.26. The van der Waals surface area contributed by atoms with Crippen LogP contribution in [0.4, 0.5) is 10.5 Å². The van der Waals surface area contributed by atoms with Gasteiger partial charge in [-0.15, -0.1) is 0 Å². The van der Waals surface area contributed by atoms with Gasteiger partial charge in [0.2, 0.25) is 5.91 Å². The molecule has 2 unspecified atom stereocenters. The van der Waals surface area contributed by atoms with Gasteiger partial charge < -0.3 is 25.4 Å². The van der Waals surface area contributed by atoms with Crippen molar-refractivity contribution in [1.29, 1.82) is 0 Å². The SMILES string of the molecule is CCN(C(=O)C(Cc1ccc(O)cc1)NC(=O)OC(C)(C)C)C(C(=O)Nc1ccc2ccccc2c1)c1ccc(C)c(C)c1. The van der Waals surface area contributed by atoms with Crippen LogP contribution in [0.1, 0.15) is 56.0 Å². The van der Waals surface area contributed by atoms with Crippen LogP contribution in [0.15, 0.2) is 84.9 Å². The summed E-state index contributed by atoms with van der Waals surface area (Å²) in [5, 5.41) is 17.6. The molecule has 0 saturated heterocycles. The van der Waals surface area contributed by atoms with E-state index in [0.717, 1.165) is 27.5 Å². The minimum atomic E-state index is -1.04. The van der Waals surface area contributed by atoms with Crippen LogP contribution in [-0.4, -0.2) is 46.1 Å². The number of ether oxygens (including phenoxy) is 1. The first-order valence-electron chi connectivity index (χ1n) is 14.8. The molecule has 0 aliphatic carbocycles. The van der Waals surface area contributed by atoms with E-state index in [2.05, 4.69) is 10.6 Å². The number of fused-ring (bicyclic) bond motifs is 1. The topological polar surface area (TPSA) is 108 Å². The van der Waals surface area contributed by atoms with Gasteiger partial charge in [0.15, 0.2) is 0 Å². The summed E-state index contributed by atoms with van der Waals surface area (Å²) in [5.74, 6) is -0.727. The summed E-state index contributed by atoms with van der Waals surface area (Å²) in [4.78, 5) is 42.9. The molecule has 0 aromatic heterocycles. The summed E-state index contributed by atoms with van der Waals surface area (Å²) in [6.07, 6.45) is -0.616. The standard InChI is InChI=1S/C36H41N3O5/c1-7-39(34(42)31(38-35(43)44-36(4,5)6)21-25-13-18-30(40)19-14-25)32(28-15-12-23(2)24(3)20-28)33(41)37-29-17-16-26-10-8-9-11-27(26)22-29/h8-20,22,31-32,40H,7,21H2,1-6H3,(H,37,41)(H,38,43). The Bertz CT molecular complexity index is 1640. The first kappa shape index (κ1) is 32.1. The zero-order valence-electron chi connectivity index (χ0n) is 26.2. The maximum atomic E-state index is 14.4. The lowest BCUT2D eigenvalue weighted by atomic mass is 9.97. The third kappa shape index (κ3) is 8.16. The molecule has 0 spiro atoms. The number of alkyl carbamates (subject to hydrolysis) is 1. The van der Waals surface area contributed by atoms with Crippen LogP contribution in [0, 0.1) is 13.8 Å². The van der Waals surface area contributed by atoms with Gasteiger partial charge in [-0.05, 0) is 98.8 Å². The van der Waals surface area contributed by atoms with Crippen molar-refractivity contribution in [1.82, 2.24) is 10.2 Å². The molecule has 2 atom stereocenters. The van der Waals surface area contributed by atoms with Gasteiger partial charge in [0, 0.05) is 18.7 Å². The van der Waals surface area contributed by atoms with Crippen molar-refractivity contribution in [3.63, 3.8) is 0 Å². The zero-order valence-corrected chi connectivity index (χ0v) is 26.2. The van der Waals surface area contributed by atoms with Crippen molar-refractivity contribution in [3.8, 4) is 5.75 Å². The number of amides is 3. The van der Waals surface area contributed by atoms with Gasteiger partial charge in [0.25, 0.3) is 5.91 Å². The molecular weight excluding hydrogens is 554 g/mol. The number of likely N-dealkylation sites (N-methyl/N-ethyl adjacent to an activating group) is 1. The van der Waals surface area contributed by atoms with Gasteiger partial charge in [-0.1, -0.05) is 60.7 Å². The number of rotatable bonds is 9. The molecule has 230 valence electrons. The molecule has 0 bridgehead atoms. The lowest BCUT2D eigenvalue weighted by Crippen LogP contribution is -2.53. The van der Waals surface area contributed by atoms with Crippen LogP contribution >= 0.6 is 0 Å². The van der Waals surface area contributed by atoms with E-state index in [9.17, 15) is 19.5 Å². The number of hydrogen-bond donors (Lipinski definition) is 3. The molecular formula is C36H41N3O5. The molecule has 8 nitrogen and oxygen atoms in total. The number of carbonyl (C=O) groups excluding carboxylic acids is 3. The van der Waals surface area contributed by atoms with Gasteiger partial charge >= 0.3 is 6.09 Å². The average molecular weight is 596 g/mol. The number of benzene rings is 4. The number of aromatic hydroxyl groups is 1. The second kappa shape index (κ2) is 13.6. The van der Waals surface area contributed by atoms with Gasteiger partial charge in [-0.25, -0.2) is 4.79 Å². The fraction of sp³-hybridized carbons (Fsp3) is 0.306. The Morgan fingerprint density at radius 1 is 0.864 bits per heavy atom. The van der Waals surface area contributed by atoms with Crippen molar-refractivity contribution in [2.75, 3.05) is 11.9 Å². The molecule has 4 rings (SSSR count). The molecule has 4 aromatic rings. The summed E-state index contributed by atoms with van der Waals surface area (Å²) < 4.78 is 5.48. The highest BCUT2D eigenvalue weighted by Crippen LogP contribution is 2.28. The molecule has 4 aromatic carbocycles. The van der Waals surface area contributed by atoms with Crippen molar-refractivity contribution in [3.05, 3.63) is 107 Å². The molecule has 3 amide bonds. The third-order valence-electron chi connectivity index (χ3n) is 7.41. The van der Waals surface area contributed by atoms with E-state index >= 15 is 0 Å². The monoisotopic (exact) mass is 595 g/mol. The molecule has 0 aliphatic heterocycles. The minimum absolute atomic E-state index is 0.0899. The van der Waals surface area contributed by atoms with Crippen LogP contribution in [0.2, 0.25) is 0 Å². The largest absolute Gasteiger partial charge is 0.508 e. The van der Waals surface area contributed by atoms with Crippen LogP contribution in [0.25, 0.3) is 10.8 Å². The Balaban J connectivity index is 1.72. The van der Waals surface area contributed by atoms with Gasteiger partial charge in [-0.3, -0.25) is 9.59 Å². The molecule has 0 fully saturated rings. The third-order valence-corrected chi connectivity index (χ3v) is 7.41. The molecule has 0 heterocycles. The maximum absolute atomic E-state index is 14.4. The molecule has 8 heteroatoms. The predicted octanol–water partition coefficient (Wildman–Crippen LogP) is 6.83. The highest BCUT2D eigenvalue weighted by Gasteiger charge is 2.36. The van der Waals surface area contributed by atoms with Crippen LogP contribution < -0.4 is 10.6 Å². The first-order valence-corrected chi connectivity index (χ1v) is 14.8. The second-order valence-corrected chi connectivity index (χ2v) is 12.0. The van der Waals surface area contributed by atoms with E-state index in [1.165, 1.54) is 17.0 Å². The quantitative estimate of drug-likeness (QED) is 0.197. The highest BCUT2D eigenvalue weighted by atomic mass is 16.6. The van der Waals surface area contributed by atoms with Gasteiger partial charge in [0.05, 0.1) is 0 Å². The van der Waals surface area contributed by atoms with E-state index in [4.69, 9.17) is 4.74 Å². The number of carbonyl (C=O) groups is 3. The fourth-order valence-corrected chi connectivity index (χ4v) is 5.07. The van der Waals surface area contributed by atoms with Crippen molar-refractivity contribution < 1.29 is 24.2 Å². The van der Waals surface area contributed by atoms with Crippen LogP contribution in [0.5, 0.6) is 5.75 Å². The van der Waals surface area contributed by atoms with Crippen molar-refractivity contribution in [2.45, 2.75) is 65.6 Å². The lowest BCUT2D eigenvalue weighted by Gasteiger charge is -2.34. The van der Waals surface area contributed by atoms with Crippen LogP contribution in [-0.2, 0) is 20.7 Å². The Labute approximate surface area is 259 Å². The normalized spacial score (nSPS) is 12.7. The van der Waals surface area contributed by atoms with E-state index in [-0.39, 0.29) is 24.6 Å². The summed E-state index contributed by atoms with van der Waals surface area (Å²) in [7, 11) is 0. The smallest absolute Gasteiger partial charge is 0.408 e. The van der Waals surface area contributed by atoms with Gasteiger partial charge in [-0.2, -0.15) is 0 Å². The Morgan fingerprint density at radius 2 is 1.55 bits per heavy atom. The number of aryl methyl sites for hydroxylation is 2. The second-order valence-electron chi connectivity index (χ2n) is 12.0. The molecule has 0 radical (unpaired) electrons. The molecule has 0 aliphatic rings. The molecule has 3 N–H and O–H groups in total. The number of phenolic OH excluding ortho intramolecular Hbond substituents is 1. The fourth-order valence-electron chi connectivity index (χ4n) is 5.07. The number of nitrogens with zero attached hydrogens (tertiary/aromatic N) is 1. The predicted molar refractivity (Wildman–Crippen MR) is 174 cm³/mol. The van der Waals surface area contributed by atoms with Crippen molar-refractivity contribution >= 4 is 34.4 Å². The molecule has 0 saturated carbocycles. The molecule has 44 heavy (non-hydrogen) atoms. The van der Waals surface area contributed by atoms with E-state index in [1.807, 2.05) is 74.5 Å². The Morgan fingerprint density at radius 3 is 2.18 bits per heavy atom. The number of nitrogens with one attached hydrogen (secondary N) is 2. The number of phenols is 1.